The quantitative estimate of drug-likeness (QED) is 0.637. The summed E-state index contributed by atoms with van der Waals surface area (Å²) in [5.41, 5.74) is 3.93. The number of aryl methyl sites for hydroxylation is 2. The summed E-state index contributed by atoms with van der Waals surface area (Å²) in [7, 11) is 0. The van der Waals surface area contributed by atoms with Crippen molar-refractivity contribution < 1.29 is 24.1 Å². The molecule has 4 atom stereocenters. The summed E-state index contributed by atoms with van der Waals surface area (Å²) in [6.45, 7) is 12.7. The molecule has 2 heterocycles. The van der Waals surface area contributed by atoms with Crippen LogP contribution < -0.4 is 9.47 Å². The second-order valence-electron chi connectivity index (χ2n) is 10.1. The number of carboxylic acid groups (broad SMARTS) is 1. The smallest absolute Gasteiger partial charge is 0.309 e. The molecule has 2 aliphatic rings. The van der Waals surface area contributed by atoms with E-state index < -0.39 is 23.6 Å². The molecule has 5 heteroatoms. The van der Waals surface area contributed by atoms with Gasteiger partial charge in [0.25, 0.3) is 0 Å². The van der Waals surface area contributed by atoms with Crippen LogP contribution in [0.15, 0.2) is 36.4 Å². The zero-order chi connectivity index (χ0) is 23.2. The number of hydrogen-bond acceptors (Lipinski definition) is 4. The number of ether oxygens (including phenoxy) is 3. The van der Waals surface area contributed by atoms with Crippen molar-refractivity contribution in [1.82, 2.24) is 0 Å². The molecule has 1 fully saturated rings. The van der Waals surface area contributed by atoms with Crippen LogP contribution in [0.4, 0.5) is 0 Å². The van der Waals surface area contributed by atoms with Crippen LogP contribution in [-0.4, -0.2) is 29.4 Å². The van der Waals surface area contributed by atoms with Gasteiger partial charge in [-0.1, -0.05) is 38.1 Å². The highest BCUT2D eigenvalue weighted by molar-refractivity contribution is 5.71. The van der Waals surface area contributed by atoms with E-state index in [0.29, 0.717) is 12.3 Å². The summed E-state index contributed by atoms with van der Waals surface area (Å²) in [5, 5.41) is 9.98. The molecule has 0 aromatic heterocycles. The SMILES string of the molecule is Cc1ccc(C)c2c1OC(C)(C)[C@H]1C[C@@H](C(=O)O)[C@H](COc3ccc(C(C)C)cc3)O[C@H]21. The first-order chi connectivity index (χ1) is 15.1. The molecule has 1 N–H and O–H groups in total. The maximum Gasteiger partial charge on any atom is 0.309 e. The van der Waals surface area contributed by atoms with Gasteiger partial charge in [0.15, 0.2) is 0 Å². The molecule has 2 aromatic rings. The molecule has 0 saturated carbocycles. The second-order valence-corrected chi connectivity index (χ2v) is 10.1. The number of benzene rings is 2. The predicted molar refractivity (Wildman–Crippen MR) is 123 cm³/mol. The van der Waals surface area contributed by atoms with E-state index in [9.17, 15) is 9.90 Å². The Bertz CT molecular complexity index is 992. The minimum atomic E-state index is -0.852. The molecule has 0 aliphatic carbocycles. The molecule has 0 radical (unpaired) electrons. The molecule has 172 valence electrons. The Balaban J connectivity index is 1.61. The van der Waals surface area contributed by atoms with Crippen molar-refractivity contribution in [1.29, 1.82) is 0 Å². The topological polar surface area (TPSA) is 65.0 Å². The lowest BCUT2D eigenvalue weighted by Gasteiger charge is -2.51. The molecule has 32 heavy (non-hydrogen) atoms. The standard InChI is InChI=1S/C27H34O5/c1-15(2)18-9-11-19(12-10-18)30-14-22-20(26(28)29)13-21-25(31-22)23-16(3)7-8-17(4)24(23)32-27(21,5)6/h7-12,15,20-22,25H,13-14H2,1-6H3,(H,28,29)/t20-,21+,22+,25+/m1/s1. The highest BCUT2D eigenvalue weighted by Gasteiger charge is 2.53. The lowest BCUT2D eigenvalue weighted by Crippen LogP contribution is -2.53. The Kier molecular flexibility index (Phi) is 5.97. The zero-order valence-electron chi connectivity index (χ0n) is 19.8. The van der Waals surface area contributed by atoms with E-state index in [1.54, 1.807) is 0 Å². The van der Waals surface area contributed by atoms with Crippen LogP contribution in [0, 0.1) is 25.7 Å². The van der Waals surface area contributed by atoms with E-state index >= 15 is 0 Å². The van der Waals surface area contributed by atoms with Crippen LogP contribution in [-0.2, 0) is 9.53 Å². The van der Waals surface area contributed by atoms with Crippen molar-refractivity contribution in [3.8, 4) is 11.5 Å². The number of aliphatic carboxylic acids is 1. The van der Waals surface area contributed by atoms with Crippen LogP contribution in [0.25, 0.3) is 0 Å². The molecule has 5 nitrogen and oxygen atoms in total. The average molecular weight is 439 g/mol. The molecular formula is C27H34O5. The number of hydrogen-bond donors (Lipinski definition) is 1. The van der Waals surface area contributed by atoms with Crippen molar-refractivity contribution in [2.24, 2.45) is 11.8 Å². The molecule has 2 aromatic carbocycles. The summed E-state index contributed by atoms with van der Waals surface area (Å²) in [6, 6.07) is 12.1. The van der Waals surface area contributed by atoms with Gasteiger partial charge in [0.1, 0.15) is 29.8 Å². The van der Waals surface area contributed by atoms with E-state index in [1.165, 1.54) is 5.56 Å². The third-order valence-electron chi connectivity index (χ3n) is 7.08. The molecule has 0 bridgehead atoms. The molecule has 0 unspecified atom stereocenters. The Hall–Kier alpha value is -2.53. The lowest BCUT2D eigenvalue weighted by molar-refractivity contribution is -0.192. The summed E-state index contributed by atoms with van der Waals surface area (Å²) in [4.78, 5) is 12.2. The van der Waals surface area contributed by atoms with Crippen LogP contribution in [0.5, 0.6) is 11.5 Å². The number of carboxylic acids is 1. The van der Waals surface area contributed by atoms with Crippen LogP contribution in [0.2, 0.25) is 0 Å². The van der Waals surface area contributed by atoms with Gasteiger partial charge in [0.05, 0.1) is 12.0 Å². The molecule has 1 saturated heterocycles. The molecular weight excluding hydrogens is 404 g/mol. The van der Waals surface area contributed by atoms with Gasteiger partial charge in [-0.15, -0.1) is 0 Å². The molecule has 4 rings (SSSR count). The number of fused-ring (bicyclic) bond motifs is 3. The van der Waals surface area contributed by atoms with E-state index in [1.807, 2.05) is 32.9 Å². The van der Waals surface area contributed by atoms with Gasteiger partial charge in [-0.2, -0.15) is 0 Å². The fourth-order valence-electron chi connectivity index (χ4n) is 5.02. The number of rotatable bonds is 5. The van der Waals surface area contributed by atoms with Gasteiger partial charge in [-0.25, -0.2) is 0 Å². The minimum absolute atomic E-state index is 0.0572. The summed E-state index contributed by atoms with van der Waals surface area (Å²) in [5.74, 6) is 0.481. The number of carbonyl (C=O) groups is 1. The van der Waals surface area contributed by atoms with Crippen LogP contribution in [0.1, 0.15) is 68.4 Å². The van der Waals surface area contributed by atoms with Gasteiger partial charge < -0.3 is 19.3 Å². The molecule has 0 amide bonds. The van der Waals surface area contributed by atoms with Gasteiger partial charge in [-0.3, -0.25) is 4.79 Å². The lowest BCUT2D eigenvalue weighted by atomic mass is 9.71. The van der Waals surface area contributed by atoms with Gasteiger partial charge in [0, 0.05) is 11.5 Å². The van der Waals surface area contributed by atoms with E-state index in [0.717, 1.165) is 28.2 Å². The Morgan fingerprint density at radius 3 is 2.41 bits per heavy atom. The highest BCUT2D eigenvalue weighted by atomic mass is 16.6. The summed E-state index contributed by atoms with van der Waals surface area (Å²) in [6.07, 6.45) is -0.276. The van der Waals surface area contributed by atoms with Crippen molar-refractivity contribution >= 4 is 5.97 Å². The van der Waals surface area contributed by atoms with Crippen molar-refractivity contribution in [2.45, 2.75) is 71.7 Å². The van der Waals surface area contributed by atoms with Crippen molar-refractivity contribution in [3.63, 3.8) is 0 Å². The predicted octanol–water partition coefficient (Wildman–Crippen LogP) is 5.82. The summed E-state index contributed by atoms with van der Waals surface area (Å²) < 4.78 is 19.0. The third kappa shape index (κ3) is 4.11. The highest BCUT2D eigenvalue weighted by Crippen LogP contribution is 2.53. The normalized spacial score (nSPS) is 26.1. The van der Waals surface area contributed by atoms with Crippen LogP contribution in [0.3, 0.4) is 0 Å². The van der Waals surface area contributed by atoms with Crippen LogP contribution >= 0.6 is 0 Å². The first-order valence-electron chi connectivity index (χ1n) is 11.5. The minimum Gasteiger partial charge on any atom is -0.491 e. The largest absolute Gasteiger partial charge is 0.491 e. The van der Waals surface area contributed by atoms with E-state index in [-0.39, 0.29) is 18.6 Å². The van der Waals surface area contributed by atoms with Gasteiger partial charge in [0.2, 0.25) is 0 Å². The van der Waals surface area contributed by atoms with Crippen molar-refractivity contribution in [2.75, 3.05) is 6.61 Å². The van der Waals surface area contributed by atoms with Gasteiger partial charge in [-0.05, 0) is 68.9 Å². The third-order valence-corrected chi connectivity index (χ3v) is 7.08. The Morgan fingerprint density at radius 2 is 1.78 bits per heavy atom. The molecule has 2 aliphatic heterocycles. The van der Waals surface area contributed by atoms with E-state index in [4.69, 9.17) is 14.2 Å². The zero-order valence-corrected chi connectivity index (χ0v) is 19.8. The first-order valence-corrected chi connectivity index (χ1v) is 11.5. The maximum atomic E-state index is 12.2. The molecule has 0 spiro atoms. The average Bonchev–Trinajstić information content (AvgIpc) is 2.74. The summed E-state index contributed by atoms with van der Waals surface area (Å²) >= 11 is 0. The second kappa shape index (κ2) is 8.43. The maximum absolute atomic E-state index is 12.2. The van der Waals surface area contributed by atoms with Gasteiger partial charge >= 0.3 is 5.97 Å². The first kappa shape index (κ1) is 22.7. The Labute approximate surface area is 190 Å². The van der Waals surface area contributed by atoms with Crippen molar-refractivity contribution in [3.05, 3.63) is 58.7 Å². The monoisotopic (exact) mass is 438 g/mol. The Morgan fingerprint density at radius 1 is 1.12 bits per heavy atom. The fourth-order valence-corrected chi connectivity index (χ4v) is 5.02. The van der Waals surface area contributed by atoms with E-state index in [2.05, 4.69) is 45.0 Å². The fraction of sp³-hybridized carbons (Fsp3) is 0.519.